The summed E-state index contributed by atoms with van der Waals surface area (Å²) in [5.41, 5.74) is 0.405. The van der Waals surface area contributed by atoms with Crippen LogP contribution in [0.1, 0.15) is 55.6 Å². The van der Waals surface area contributed by atoms with Crippen LogP contribution >= 0.6 is 0 Å². The number of rotatable bonds is 3. The Bertz CT molecular complexity index is 459. The molecule has 19 heavy (non-hydrogen) atoms. The van der Waals surface area contributed by atoms with Crippen molar-refractivity contribution in [3.8, 4) is 0 Å². The Morgan fingerprint density at radius 3 is 2.84 bits per heavy atom. The monoisotopic (exact) mass is 263 g/mol. The number of nitrogens with zero attached hydrogens (tertiary/aromatic N) is 3. The Morgan fingerprint density at radius 1 is 1.47 bits per heavy atom. The van der Waals surface area contributed by atoms with Crippen LogP contribution in [0.15, 0.2) is 6.20 Å². The summed E-state index contributed by atoms with van der Waals surface area (Å²) in [4.78, 5) is 12.1. The van der Waals surface area contributed by atoms with Crippen LogP contribution in [0.4, 0.5) is 0 Å². The Labute approximate surface area is 112 Å². The molecule has 0 spiro atoms. The second kappa shape index (κ2) is 4.92. The molecule has 1 amide bonds. The maximum absolute atomic E-state index is 12.1. The number of hydrogen-bond acceptors (Lipinski definition) is 4. The molecule has 2 aliphatic rings. The van der Waals surface area contributed by atoms with Gasteiger partial charge in [0, 0.05) is 5.54 Å². The van der Waals surface area contributed by atoms with Gasteiger partial charge < -0.3 is 10.6 Å². The van der Waals surface area contributed by atoms with Crippen LogP contribution in [0.5, 0.6) is 0 Å². The molecule has 1 saturated carbocycles. The van der Waals surface area contributed by atoms with Gasteiger partial charge in [-0.25, -0.2) is 4.68 Å². The lowest BCUT2D eigenvalue weighted by molar-refractivity contribution is 0.0845. The van der Waals surface area contributed by atoms with Crippen LogP contribution in [0, 0.1) is 0 Å². The largest absolute Gasteiger partial charge is 0.345 e. The van der Waals surface area contributed by atoms with Gasteiger partial charge in [-0.1, -0.05) is 5.21 Å². The molecule has 0 atom stereocenters. The van der Waals surface area contributed by atoms with Crippen LogP contribution in [0.25, 0.3) is 0 Å². The number of carbonyl (C=O) groups is 1. The smallest absolute Gasteiger partial charge is 0.273 e. The number of carbonyl (C=O) groups excluding carboxylic acids is 1. The summed E-state index contributed by atoms with van der Waals surface area (Å²) in [7, 11) is 0. The third-order valence-corrected chi connectivity index (χ3v) is 4.30. The summed E-state index contributed by atoms with van der Waals surface area (Å²) >= 11 is 0. The van der Waals surface area contributed by atoms with Crippen molar-refractivity contribution in [2.45, 2.75) is 50.6 Å². The number of amides is 1. The zero-order valence-corrected chi connectivity index (χ0v) is 11.4. The third-order valence-electron chi connectivity index (χ3n) is 4.30. The highest BCUT2D eigenvalue weighted by molar-refractivity contribution is 5.92. The van der Waals surface area contributed by atoms with Gasteiger partial charge in [-0.2, -0.15) is 0 Å². The molecular weight excluding hydrogens is 242 g/mol. The summed E-state index contributed by atoms with van der Waals surface area (Å²) in [5, 5.41) is 14.5. The highest BCUT2D eigenvalue weighted by Gasteiger charge is 2.34. The highest BCUT2D eigenvalue weighted by atomic mass is 16.2. The third kappa shape index (κ3) is 2.63. The molecule has 0 aromatic carbocycles. The predicted molar refractivity (Wildman–Crippen MR) is 70.9 cm³/mol. The van der Waals surface area contributed by atoms with Gasteiger partial charge in [0.05, 0.1) is 12.2 Å². The molecule has 2 fully saturated rings. The standard InChI is InChI=1S/C13H21N5O/c1-13(5-2-6-13)15-12(19)11-9-18(17-16-11)10-3-7-14-8-4-10/h9-10,14H,2-8H2,1H3,(H,15,19). The van der Waals surface area contributed by atoms with E-state index in [1.165, 1.54) is 6.42 Å². The van der Waals surface area contributed by atoms with E-state index in [9.17, 15) is 4.79 Å². The van der Waals surface area contributed by atoms with Crippen LogP contribution in [0.3, 0.4) is 0 Å². The van der Waals surface area contributed by atoms with Crippen LogP contribution < -0.4 is 10.6 Å². The summed E-state index contributed by atoms with van der Waals surface area (Å²) < 4.78 is 1.85. The van der Waals surface area contributed by atoms with E-state index in [0.29, 0.717) is 11.7 Å². The van der Waals surface area contributed by atoms with E-state index in [-0.39, 0.29) is 11.4 Å². The van der Waals surface area contributed by atoms with Gasteiger partial charge >= 0.3 is 0 Å². The van der Waals surface area contributed by atoms with Gasteiger partial charge in [-0.3, -0.25) is 4.79 Å². The summed E-state index contributed by atoms with van der Waals surface area (Å²) in [6, 6.07) is 0.370. The first-order chi connectivity index (χ1) is 9.16. The molecule has 6 nitrogen and oxygen atoms in total. The normalized spacial score (nSPS) is 22.8. The highest BCUT2D eigenvalue weighted by Crippen LogP contribution is 2.31. The fraction of sp³-hybridized carbons (Fsp3) is 0.769. The average molecular weight is 263 g/mol. The van der Waals surface area contributed by atoms with E-state index in [2.05, 4.69) is 27.9 Å². The molecule has 6 heteroatoms. The Balaban J connectivity index is 1.65. The minimum absolute atomic E-state index is 0.0321. The fourth-order valence-electron chi connectivity index (χ4n) is 2.80. The first kappa shape index (κ1) is 12.6. The molecule has 3 rings (SSSR count). The minimum atomic E-state index is -0.0950. The number of piperidine rings is 1. The van der Waals surface area contributed by atoms with Gasteiger partial charge in [0.2, 0.25) is 0 Å². The number of hydrogen-bond donors (Lipinski definition) is 2. The first-order valence-corrected chi connectivity index (χ1v) is 7.11. The zero-order chi connectivity index (χ0) is 13.3. The van der Waals surface area contributed by atoms with E-state index in [1.54, 1.807) is 6.20 Å². The van der Waals surface area contributed by atoms with Gasteiger partial charge in [0.25, 0.3) is 5.91 Å². The van der Waals surface area contributed by atoms with Crippen molar-refractivity contribution in [2.75, 3.05) is 13.1 Å². The van der Waals surface area contributed by atoms with E-state index >= 15 is 0 Å². The molecule has 2 heterocycles. The van der Waals surface area contributed by atoms with E-state index < -0.39 is 0 Å². The quantitative estimate of drug-likeness (QED) is 0.849. The molecule has 104 valence electrons. The molecule has 0 bridgehead atoms. The van der Waals surface area contributed by atoms with Crippen molar-refractivity contribution < 1.29 is 4.79 Å². The maximum Gasteiger partial charge on any atom is 0.273 e. The number of aromatic nitrogens is 3. The molecule has 1 aromatic heterocycles. The van der Waals surface area contributed by atoms with Crippen molar-refractivity contribution in [3.63, 3.8) is 0 Å². The summed E-state index contributed by atoms with van der Waals surface area (Å²) in [5.74, 6) is -0.0950. The Kier molecular flexibility index (Phi) is 3.26. The number of nitrogens with one attached hydrogen (secondary N) is 2. The van der Waals surface area contributed by atoms with Crippen molar-refractivity contribution in [1.82, 2.24) is 25.6 Å². The molecule has 1 aromatic rings. The second-order valence-electron chi connectivity index (χ2n) is 5.93. The van der Waals surface area contributed by atoms with Gasteiger partial charge in [-0.15, -0.1) is 5.10 Å². The molecular formula is C13H21N5O. The van der Waals surface area contributed by atoms with Crippen LogP contribution in [0.2, 0.25) is 0 Å². The van der Waals surface area contributed by atoms with Crippen molar-refractivity contribution in [2.24, 2.45) is 0 Å². The molecule has 0 unspecified atom stereocenters. The zero-order valence-electron chi connectivity index (χ0n) is 11.4. The van der Waals surface area contributed by atoms with E-state index in [1.807, 2.05) is 4.68 Å². The predicted octanol–water partition coefficient (Wildman–Crippen LogP) is 0.875. The SMILES string of the molecule is CC1(NC(=O)c2cn(C3CCNCC3)nn2)CCC1. The Hall–Kier alpha value is -1.43. The topological polar surface area (TPSA) is 71.8 Å². The average Bonchev–Trinajstić information content (AvgIpc) is 2.87. The Morgan fingerprint density at radius 2 is 2.21 bits per heavy atom. The van der Waals surface area contributed by atoms with E-state index in [0.717, 1.165) is 38.8 Å². The second-order valence-corrected chi connectivity index (χ2v) is 5.93. The lowest BCUT2D eigenvalue weighted by Crippen LogP contribution is -2.51. The molecule has 1 aliphatic heterocycles. The van der Waals surface area contributed by atoms with Gasteiger partial charge in [-0.05, 0) is 52.1 Å². The van der Waals surface area contributed by atoms with Gasteiger partial charge in [0.1, 0.15) is 0 Å². The lowest BCUT2D eigenvalue weighted by atomic mass is 9.78. The lowest BCUT2D eigenvalue weighted by Gasteiger charge is -2.38. The molecule has 0 radical (unpaired) electrons. The van der Waals surface area contributed by atoms with E-state index in [4.69, 9.17) is 0 Å². The van der Waals surface area contributed by atoms with Crippen molar-refractivity contribution in [3.05, 3.63) is 11.9 Å². The minimum Gasteiger partial charge on any atom is -0.345 e. The van der Waals surface area contributed by atoms with Crippen molar-refractivity contribution >= 4 is 5.91 Å². The molecule has 2 N–H and O–H groups in total. The van der Waals surface area contributed by atoms with Crippen molar-refractivity contribution in [1.29, 1.82) is 0 Å². The fourth-order valence-corrected chi connectivity index (χ4v) is 2.80. The molecule has 1 aliphatic carbocycles. The van der Waals surface area contributed by atoms with Crippen LogP contribution in [-0.4, -0.2) is 39.5 Å². The summed E-state index contributed by atoms with van der Waals surface area (Å²) in [6.07, 6.45) is 7.18. The first-order valence-electron chi connectivity index (χ1n) is 7.11. The van der Waals surface area contributed by atoms with Crippen LogP contribution in [-0.2, 0) is 0 Å². The van der Waals surface area contributed by atoms with Gasteiger partial charge in [0.15, 0.2) is 5.69 Å². The summed E-state index contributed by atoms with van der Waals surface area (Å²) in [6.45, 7) is 4.10. The molecule has 1 saturated heterocycles. The maximum atomic E-state index is 12.1.